The molecule has 0 aliphatic rings. The number of nitrogen functional groups attached to an aromatic ring is 1. The van der Waals surface area contributed by atoms with Crippen LogP contribution in [0.5, 0.6) is 0 Å². The van der Waals surface area contributed by atoms with Crippen molar-refractivity contribution in [3.05, 3.63) is 59.9 Å². The van der Waals surface area contributed by atoms with E-state index in [4.69, 9.17) is 16.5 Å². The molecule has 0 fully saturated rings. The van der Waals surface area contributed by atoms with Crippen LogP contribution < -0.4 is 16.8 Å². The number of carbonyl (C=O) groups excluding carboxylic acids is 2. The number of anilines is 2. The molecule has 0 bridgehead atoms. The smallest absolute Gasteiger partial charge is 0.404 e. The lowest BCUT2D eigenvalue weighted by Crippen LogP contribution is -2.14. The summed E-state index contributed by atoms with van der Waals surface area (Å²) in [5.41, 5.74) is 15.6. The van der Waals surface area contributed by atoms with Gasteiger partial charge in [-0.05, 0) is 43.0 Å². The summed E-state index contributed by atoms with van der Waals surface area (Å²) in [6, 6.07) is 15.8. The van der Waals surface area contributed by atoms with Crippen LogP contribution in [0.2, 0.25) is 0 Å². The number of hydrogen-bond acceptors (Lipinski definition) is 6. The molecule has 4 rings (SSSR count). The molecule has 2 aromatic carbocycles. The molecule has 2 aromatic heterocycles. The predicted octanol–water partition coefficient (Wildman–Crippen LogP) is 4.76. The fourth-order valence-electron chi connectivity index (χ4n) is 4.26. The third-order valence-corrected chi connectivity index (χ3v) is 6.06. The van der Waals surface area contributed by atoms with Gasteiger partial charge in [0.1, 0.15) is 11.3 Å². The van der Waals surface area contributed by atoms with E-state index in [-0.39, 0.29) is 12.5 Å². The molecule has 36 heavy (non-hydrogen) atoms. The highest BCUT2D eigenvalue weighted by atomic mass is 16.5. The molecule has 9 nitrogen and oxygen atoms in total. The SMILES string of the molecule is CCCCc1nc2c(N)nc3ccccc3c2n1Cc1ccc(NC(=O)CCCCOC(N)=O)cc1. The molecule has 0 unspecified atom stereocenters. The monoisotopic (exact) mass is 488 g/mol. The Kier molecular flexibility index (Phi) is 7.99. The third-order valence-electron chi connectivity index (χ3n) is 6.06. The third kappa shape index (κ3) is 5.91. The molecule has 0 aliphatic heterocycles. The number of rotatable bonds is 11. The summed E-state index contributed by atoms with van der Waals surface area (Å²) >= 11 is 0. The van der Waals surface area contributed by atoms with E-state index in [1.165, 1.54) is 0 Å². The highest BCUT2D eigenvalue weighted by Gasteiger charge is 2.17. The number of amides is 2. The summed E-state index contributed by atoms with van der Waals surface area (Å²) in [5, 5.41) is 3.94. The van der Waals surface area contributed by atoms with Gasteiger partial charge in [0.05, 0.1) is 17.6 Å². The van der Waals surface area contributed by atoms with Gasteiger partial charge in [-0.1, -0.05) is 43.7 Å². The Balaban J connectivity index is 1.51. The minimum atomic E-state index is -0.797. The molecule has 0 atom stereocenters. The van der Waals surface area contributed by atoms with Crippen LogP contribution >= 0.6 is 0 Å². The fourth-order valence-corrected chi connectivity index (χ4v) is 4.26. The Morgan fingerprint density at radius 1 is 1.03 bits per heavy atom. The second-order valence-electron chi connectivity index (χ2n) is 8.80. The van der Waals surface area contributed by atoms with E-state index >= 15 is 0 Å². The van der Waals surface area contributed by atoms with Crippen molar-refractivity contribution in [2.75, 3.05) is 17.7 Å². The van der Waals surface area contributed by atoms with E-state index in [0.29, 0.717) is 31.6 Å². The Morgan fingerprint density at radius 3 is 2.56 bits per heavy atom. The Labute approximate surface area is 209 Å². The van der Waals surface area contributed by atoms with E-state index in [1.807, 2.05) is 42.5 Å². The van der Waals surface area contributed by atoms with Crippen LogP contribution in [0.15, 0.2) is 48.5 Å². The quantitative estimate of drug-likeness (QED) is 0.260. The minimum Gasteiger partial charge on any atom is -0.450 e. The highest BCUT2D eigenvalue weighted by Crippen LogP contribution is 2.30. The van der Waals surface area contributed by atoms with Crippen molar-refractivity contribution in [3.8, 4) is 0 Å². The normalized spacial score (nSPS) is 11.1. The molecule has 0 spiro atoms. The lowest BCUT2D eigenvalue weighted by molar-refractivity contribution is -0.116. The van der Waals surface area contributed by atoms with Crippen LogP contribution in [-0.4, -0.2) is 33.1 Å². The van der Waals surface area contributed by atoms with Crippen LogP contribution in [0.25, 0.3) is 21.9 Å². The van der Waals surface area contributed by atoms with Gasteiger partial charge in [-0.3, -0.25) is 4.79 Å². The zero-order chi connectivity index (χ0) is 25.5. The van der Waals surface area contributed by atoms with Gasteiger partial charge in [-0.15, -0.1) is 0 Å². The Hall–Kier alpha value is -4.14. The molecule has 0 saturated carbocycles. The molecule has 0 saturated heterocycles. The van der Waals surface area contributed by atoms with Gasteiger partial charge in [0.2, 0.25) is 5.91 Å². The number of nitrogens with one attached hydrogen (secondary N) is 1. The fraction of sp³-hybridized carbons (Fsp3) is 0.333. The number of aryl methyl sites for hydroxylation is 1. The van der Waals surface area contributed by atoms with E-state index < -0.39 is 6.09 Å². The lowest BCUT2D eigenvalue weighted by Gasteiger charge is -2.12. The maximum absolute atomic E-state index is 12.2. The second kappa shape index (κ2) is 11.5. The van der Waals surface area contributed by atoms with Gasteiger partial charge in [-0.2, -0.15) is 0 Å². The van der Waals surface area contributed by atoms with Crippen molar-refractivity contribution < 1.29 is 14.3 Å². The average molecular weight is 489 g/mol. The summed E-state index contributed by atoms with van der Waals surface area (Å²) < 4.78 is 6.92. The van der Waals surface area contributed by atoms with Crippen LogP contribution in [0.3, 0.4) is 0 Å². The van der Waals surface area contributed by atoms with Crippen molar-refractivity contribution in [3.63, 3.8) is 0 Å². The first-order chi connectivity index (χ1) is 17.5. The van der Waals surface area contributed by atoms with Crippen LogP contribution in [0.4, 0.5) is 16.3 Å². The number of fused-ring (bicyclic) bond motifs is 3. The first kappa shape index (κ1) is 25.0. The van der Waals surface area contributed by atoms with Gasteiger partial charge < -0.3 is 26.1 Å². The summed E-state index contributed by atoms with van der Waals surface area (Å²) in [7, 11) is 0. The zero-order valence-electron chi connectivity index (χ0n) is 20.5. The molecule has 5 N–H and O–H groups in total. The van der Waals surface area contributed by atoms with Crippen molar-refractivity contribution in [1.29, 1.82) is 0 Å². The number of imidazole rings is 1. The van der Waals surface area contributed by atoms with Gasteiger partial charge in [0, 0.05) is 30.5 Å². The standard InChI is InChI=1S/C27H32N6O3/c1-2-3-10-22-32-24-25(20-8-4-5-9-21(20)31-26(24)28)33(22)17-18-12-14-19(15-13-18)30-23(34)11-6-7-16-36-27(29)35/h4-5,8-9,12-15H,2-3,6-7,10-11,16-17H2,1H3,(H2,28,31)(H2,29,35)(H,30,34). The Bertz CT molecular complexity index is 1360. The molecular formula is C27H32N6O3. The van der Waals surface area contributed by atoms with Gasteiger partial charge in [-0.25, -0.2) is 14.8 Å². The lowest BCUT2D eigenvalue weighted by atomic mass is 10.1. The molecule has 4 aromatic rings. The number of ether oxygens (including phenoxy) is 1. The van der Waals surface area contributed by atoms with Crippen molar-refractivity contribution in [2.24, 2.45) is 5.73 Å². The summed E-state index contributed by atoms with van der Waals surface area (Å²) in [6.45, 7) is 3.02. The van der Waals surface area contributed by atoms with E-state index in [1.54, 1.807) is 0 Å². The first-order valence-electron chi connectivity index (χ1n) is 12.3. The number of carbonyl (C=O) groups is 2. The molecule has 188 valence electrons. The molecule has 9 heteroatoms. The predicted molar refractivity (Wildman–Crippen MR) is 142 cm³/mol. The van der Waals surface area contributed by atoms with Crippen molar-refractivity contribution in [2.45, 2.75) is 52.0 Å². The number of nitrogens with two attached hydrogens (primary N) is 2. The number of pyridine rings is 1. The van der Waals surface area contributed by atoms with Gasteiger partial charge in [0.25, 0.3) is 0 Å². The maximum atomic E-state index is 12.2. The van der Waals surface area contributed by atoms with Crippen molar-refractivity contribution in [1.82, 2.24) is 14.5 Å². The number of unbranched alkanes of at least 4 members (excludes halogenated alkanes) is 2. The first-order valence-corrected chi connectivity index (χ1v) is 12.3. The molecule has 0 aliphatic carbocycles. The van der Waals surface area contributed by atoms with Gasteiger partial charge >= 0.3 is 6.09 Å². The van der Waals surface area contributed by atoms with Crippen molar-refractivity contribution >= 4 is 45.4 Å². The number of para-hydroxylation sites is 1. The van der Waals surface area contributed by atoms with Gasteiger partial charge in [0.15, 0.2) is 5.82 Å². The second-order valence-corrected chi connectivity index (χ2v) is 8.80. The number of benzene rings is 2. The number of aromatic nitrogens is 3. The van der Waals surface area contributed by atoms with E-state index in [0.717, 1.165) is 58.3 Å². The molecule has 2 heterocycles. The zero-order valence-corrected chi connectivity index (χ0v) is 20.5. The number of hydrogen-bond donors (Lipinski definition) is 3. The van der Waals surface area contributed by atoms with E-state index in [9.17, 15) is 9.59 Å². The average Bonchev–Trinajstić information content (AvgIpc) is 3.22. The molecule has 0 radical (unpaired) electrons. The van der Waals surface area contributed by atoms with Crippen LogP contribution in [-0.2, 0) is 22.5 Å². The summed E-state index contributed by atoms with van der Waals surface area (Å²) in [6.07, 6.45) is 3.71. The highest BCUT2D eigenvalue weighted by molar-refractivity contribution is 6.06. The number of primary amides is 1. The molecule has 2 amide bonds. The topological polar surface area (TPSA) is 138 Å². The summed E-state index contributed by atoms with van der Waals surface area (Å²) in [4.78, 5) is 32.2. The van der Waals surface area contributed by atoms with E-state index in [2.05, 4.69) is 32.6 Å². The maximum Gasteiger partial charge on any atom is 0.404 e. The van der Waals surface area contributed by atoms with Crippen LogP contribution in [0, 0.1) is 0 Å². The molecular weight excluding hydrogens is 456 g/mol. The number of nitrogens with zero attached hydrogens (tertiary/aromatic N) is 3. The Morgan fingerprint density at radius 2 is 1.81 bits per heavy atom. The largest absolute Gasteiger partial charge is 0.450 e. The minimum absolute atomic E-state index is 0.0845. The summed E-state index contributed by atoms with van der Waals surface area (Å²) in [5.74, 6) is 1.35. The van der Waals surface area contributed by atoms with Crippen LogP contribution in [0.1, 0.15) is 50.4 Å².